The van der Waals surface area contributed by atoms with Crippen molar-refractivity contribution in [3.63, 3.8) is 0 Å². The van der Waals surface area contributed by atoms with Crippen LogP contribution in [0.1, 0.15) is 84.2 Å². The minimum atomic E-state index is -1.95. The van der Waals surface area contributed by atoms with Crippen LogP contribution in [0.25, 0.3) is 0 Å². The van der Waals surface area contributed by atoms with Crippen molar-refractivity contribution in [2.24, 2.45) is 0 Å². The van der Waals surface area contributed by atoms with Crippen LogP contribution in [-0.4, -0.2) is 116 Å². The van der Waals surface area contributed by atoms with Crippen molar-refractivity contribution in [2.75, 3.05) is 13.2 Å². The molecule has 19 nitrogen and oxygen atoms in total. The first-order valence-corrected chi connectivity index (χ1v) is 27.8. The first-order valence-electron chi connectivity index (χ1n) is 27.8. The van der Waals surface area contributed by atoms with Crippen molar-refractivity contribution in [1.29, 1.82) is 5.26 Å². The number of nitriles is 1. The van der Waals surface area contributed by atoms with Crippen molar-refractivity contribution < 1.29 is 85.7 Å². The Morgan fingerprint density at radius 3 is 0.920 bits per heavy atom. The van der Waals surface area contributed by atoms with E-state index < -0.39 is 123 Å². The molecule has 2 aliphatic rings. The molecule has 2 aliphatic heterocycles. The maximum atomic E-state index is 14.5. The molecule has 2 heterocycles. The normalized spacial score (nSPS) is 21.5. The van der Waals surface area contributed by atoms with Gasteiger partial charge >= 0.3 is 41.8 Å². The van der Waals surface area contributed by atoms with Crippen molar-refractivity contribution in [2.45, 2.75) is 67.5 Å². The van der Waals surface area contributed by atoms with Crippen molar-refractivity contribution in [3.05, 3.63) is 287 Å². The zero-order valence-electron chi connectivity index (χ0n) is 46.7. The maximum absolute atomic E-state index is 14.5. The quantitative estimate of drug-likeness (QED) is 0.0479. The zero-order chi connectivity index (χ0) is 61.2. The van der Waals surface area contributed by atoms with E-state index in [0.29, 0.717) is 5.56 Å². The van der Waals surface area contributed by atoms with E-state index in [1.54, 1.807) is 158 Å². The molecule has 10 rings (SSSR count). The van der Waals surface area contributed by atoms with E-state index in [-0.39, 0.29) is 38.9 Å². The van der Waals surface area contributed by atoms with E-state index in [2.05, 4.69) is 6.07 Å². The Balaban J connectivity index is 1.10. The number of benzene rings is 8. The molecule has 0 aromatic heterocycles. The van der Waals surface area contributed by atoms with Gasteiger partial charge in [0.2, 0.25) is 6.29 Å². The van der Waals surface area contributed by atoms with E-state index in [9.17, 15) is 38.8 Å². The SMILES string of the molecule is N#CC(O[C@@H]1O[C@H](CO[C@@H]2O[C@H](COC(=O)c3ccccc3)[C@@H](OC(=O)c3ccccc3)[C@H](OC(=O)c3ccccc3)[C@H]2OC(=O)c2ccccc2)[C@@H](OC(=O)c2ccccc2)[C@H](OC(=O)c2ccccc2)[C@H]1OC(=O)c1ccccc1)c1ccccc1. The molecule has 8 aromatic rings. The lowest BCUT2D eigenvalue weighted by Gasteiger charge is -2.46. The molecule has 0 spiro atoms. The highest BCUT2D eigenvalue weighted by Crippen LogP contribution is 2.37. The summed E-state index contributed by atoms with van der Waals surface area (Å²) >= 11 is 0. The van der Waals surface area contributed by atoms with Crippen LogP contribution in [0.4, 0.5) is 0 Å². The first kappa shape index (κ1) is 60.5. The third-order valence-corrected chi connectivity index (χ3v) is 14.0. The molecule has 2 fully saturated rings. The van der Waals surface area contributed by atoms with Gasteiger partial charge in [-0.2, -0.15) is 5.26 Å². The summed E-state index contributed by atoms with van der Waals surface area (Å²) in [5.74, 6) is -6.69. The fourth-order valence-corrected chi connectivity index (χ4v) is 9.62. The maximum Gasteiger partial charge on any atom is 0.338 e. The number of hydrogen-bond acceptors (Lipinski definition) is 19. The average Bonchev–Trinajstić information content (AvgIpc) is 1.07. The molecule has 0 bridgehead atoms. The summed E-state index contributed by atoms with van der Waals surface area (Å²) in [6.45, 7) is -1.55. The smallest absolute Gasteiger partial charge is 0.338 e. The summed E-state index contributed by atoms with van der Waals surface area (Å²) in [6.07, 6.45) is -19.7. The van der Waals surface area contributed by atoms with Gasteiger partial charge in [-0.05, 0) is 90.5 Å². The fourth-order valence-electron chi connectivity index (χ4n) is 9.62. The Hall–Kier alpha value is -10.6. The number of esters is 7. The topological polar surface area (TPSA) is 245 Å². The molecule has 444 valence electrons. The summed E-state index contributed by atoms with van der Waals surface area (Å²) < 4.78 is 70.0. The number of rotatable bonds is 21. The van der Waals surface area contributed by atoms with Gasteiger partial charge in [-0.25, -0.2) is 33.6 Å². The highest BCUT2D eigenvalue weighted by molar-refractivity contribution is 5.93. The minimum Gasteiger partial charge on any atom is -0.459 e. The lowest BCUT2D eigenvalue weighted by Crippen LogP contribution is -2.65. The molecule has 19 heteroatoms. The predicted octanol–water partition coefficient (Wildman–Crippen LogP) is 9.94. The molecule has 2 saturated heterocycles. The second-order valence-electron chi connectivity index (χ2n) is 19.9. The van der Waals surface area contributed by atoms with E-state index in [1.165, 1.54) is 84.9 Å². The van der Waals surface area contributed by atoms with Crippen LogP contribution in [0.15, 0.2) is 243 Å². The summed E-state index contributed by atoms with van der Waals surface area (Å²) in [5, 5.41) is 10.7. The van der Waals surface area contributed by atoms with Gasteiger partial charge in [0.25, 0.3) is 0 Å². The van der Waals surface area contributed by atoms with Crippen LogP contribution in [0, 0.1) is 11.3 Å². The Kier molecular flexibility index (Phi) is 20.3. The molecule has 8 aromatic carbocycles. The average molecular weight is 1190 g/mol. The van der Waals surface area contributed by atoms with Gasteiger partial charge in [-0.1, -0.05) is 158 Å². The molecule has 0 N–H and O–H groups in total. The van der Waals surface area contributed by atoms with Crippen LogP contribution in [0.2, 0.25) is 0 Å². The van der Waals surface area contributed by atoms with Crippen LogP contribution in [-0.2, 0) is 52.1 Å². The third kappa shape index (κ3) is 15.2. The van der Waals surface area contributed by atoms with Gasteiger partial charge in [-0.15, -0.1) is 0 Å². The number of hydrogen-bond donors (Lipinski definition) is 0. The van der Waals surface area contributed by atoms with Crippen LogP contribution < -0.4 is 0 Å². The lowest BCUT2D eigenvalue weighted by molar-refractivity contribution is -0.331. The standard InChI is InChI=1S/C69H55NO18/c70-41-52(44-25-9-1-10-26-44)80-69-60(88-67(77)51-39-23-8-24-40-51)58(86-65(75)49-35-19-6-20-36-49)56(84-63(73)47-31-15-4-16-32-47)54(82-69)43-79-68-59(87-66(76)50-37-21-7-22-38-50)57(85-64(74)48-33-17-5-18-34-48)55(83-62(72)46-29-13-3-14-30-46)53(81-68)42-78-61(71)45-27-11-2-12-28-45/h1-40,52-60,68-69H,42-43H2/t52?,53-,54-,55-,56-,57+,58+,59-,60-,68-,69-/m1/s1. The third-order valence-electron chi connectivity index (χ3n) is 14.0. The molecule has 0 aliphatic carbocycles. The first-order chi connectivity index (χ1) is 43.0. The molecular weight excluding hydrogens is 1130 g/mol. The number of carbonyl (C=O) groups excluding carboxylic acids is 7. The number of nitrogens with zero attached hydrogens (tertiary/aromatic N) is 1. The van der Waals surface area contributed by atoms with Gasteiger partial charge in [0, 0.05) is 0 Å². The van der Waals surface area contributed by atoms with Gasteiger partial charge in [0.15, 0.2) is 49.0 Å². The van der Waals surface area contributed by atoms with Crippen molar-refractivity contribution in [3.8, 4) is 6.07 Å². The van der Waals surface area contributed by atoms with Gasteiger partial charge in [-0.3, -0.25) is 0 Å². The minimum absolute atomic E-state index is 0.0132. The fraction of sp³-hybridized carbons (Fsp3) is 0.188. The molecule has 11 atom stereocenters. The summed E-state index contributed by atoms with van der Waals surface area (Å²) in [6, 6.07) is 64.9. The second kappa shape index (κ2) is 29.5. The molecular formula is C69H55NO18. The monoisotopic (exact) mass is 1190 g/mol. The van der Waals surface area contributed by atoms with Gasteiger partial charge < -0.3 is 52.1 Å². The second-order valence-corrected chi connectivity index (χ2v) is 19.9. The Labute approximate surface area is 504 Å². The van der Waals surface area contributed by atoms with E-state index in [0.717, 1.165) is 0 Å². The Morgan fingerprint density at radius 2 is 0.591 bits per heavy atom. The van der Waals surface area contributed by atoms with Crippen LogP contribution in [0.5, 0.6) is 0 Å². The van der Waals surface area contributed by atoms with Gasteiger partial charge in [0.05, 0.1) is 51.6 Å². The predicted molar refractivity (Wildman–Crippen MR) is 310 cm³/mol. The molecule has 0 radical (unpaired) electrons. The van der Waals surface area contributed by atoms with E-state index >= 15 is 0 Å². The molecule has 0 amide bonds. The zero-order valence-corrected chi connectivity index (χ0v) is 46.7. The highest BCUT2D eigenvalue weighted by Gasteiger charge is 2.57. The van der Waals surface area contributed by atoms with E-state index in [4.69, 9.17) is 52.1 Å². The van der Waals surface area contributed by atoms with Crippen LogP contribution in [0.3, 0.4) is 0 Å². The Morgan fingerprint density at radius 1 is 0.330 bits per heavy atom. The van der Waals surface area contributed by atoms with Crippen molar-refractivity contribution in [1.82, 2.24) is 0 Å². The Bertz CT molecular complexity index is 3680. The number of ether oxygens (including phenoxy) is 11. The molecule has 0 saturated carbocycles. The largest absolute Gasteiger partial charge is 0.459 e. The summed E-state index contributed by atoms with van der Waals surface area (Å²) in [4.78, 5) is 100. The summed E-state index contributed by atoms with van der Waals surface area (Å²) in [7, 11) is 0. The lowest BCUT2D eigenvalue weighted by atomic mass is 9.96. The highest BCUT2D eigenvalue weighted by atomic mass is 16.8. The van der Waals surface area contributed by atoms with Crippen molar-refractivity contribution >= 4 is 41.8 Å². The molecule has 1 unspecified atom stereocenters. The number of carbonyl (C=O) groups is 7. The van der Waals surface area contributed by atoms with Gasteiger partial charge in [0.1, 0.15) is 18.8 Å². The molecule has 88 heavy (non-hydrogen) atoms. The summed E-state index contributed by atoms with van der Waals surface area (Å²) in [5.41, 5.74) is 0.647. The van der Waals surface area contributed by atoms with E-state index in [1.807, 2.05) is 0 Å². The van der Waals surface area contributed by atoms with Crippen LogP contribution >= 0.6 is 0 Å².